The summed E-state index contributed by atoms with van der Waals surface area (Å²) in [5.41, 5.74) is 1.16. The minimum Gasteiger partial charge on any atom is -0.497 e. The maximum Gasteiger partial charge on any atom is 0.127 e. The lowest BCUT2D eigenvalue weighted by Crippen LogP contribution is -2.30. The van der Waals surface area contributed by atoms with Crippen LogP contribution in [0.15, 0.2) is 18.2 Å². The fourth-order valence-electron chi connectivity index (χ4n) is 2.19. The molecule has 1 N–H and O–H groups in total. The summed E-state index contributed by atoms with van der Waals surface area (Å²) in [6.07, 6.45) is 1.14. The van der Waals surface area contributed by atoms with E-state index >= 15 is 0 Å². The maximum absolute atomic E-state index is 5.46. The zero-order chi connectivity index (χ0) is 15.8. The molecule has 1 rings (SSSR count). The number of benzene rings is 1. The van der Waals surface area contributed by atoms with Gasteiger partial charge in [0.25, 0.3) is 0 Å². The van der Waals surface area contributed by atoms with Gasteiger partial charge in [0.15, 0.2) is 0 Å². The Balaban J connectivity index is 2.50. The predicted octanol–water partition coefficient (Wildman–Crippen LogP) is 3.08. The molecule has 0 aliphatic heterocycles. The van der Waals surface area contributed by atoms with Gasteiger partial charge in [-0.1, -0.05) is 6.07 Å². The second-order valence-electron chi connectivity index (χ2n) is 5.71. The van der Waals surface area contributed by atoms with Crippen LogP contribution in [0.4, 0.5) is 0 Å². The van der Waals surface area contributed by atoms with Gasteiger partial charge in [-0.2, -0.15) is 0 Å². The summed E-state index contributed by atoms with van der Waals surface area (Å²) in [5.74, 6) is 1.69. The van der Waals surface area contributed by atoms with E-state index in [4.69, 9.17) is 9.47 Å². The third kappa shape index (κ3) is 5.56. The highest BCUT2D eigenvalue weighted by atomic mass is 16.5. The lowest BCUT2D eigenvalue weighted by Gasteiger charge is -2.22. The molecule has 0 aliphatic carbocycles. The number of nitrogens with one attached hydrogen (secondary N) is 1. The highest BCUT2D eigenvalue weighted by Crippen LogP contribution is 2.29. The minimum absolute atomic E-state index is 0.259. The van der Waals surface area contributed by atoms with Crippen molar-refractivity contribution in [3.8, 4) is 11.5 Å². The minimum atomic E-state index is 0.259. The summed E-state index contributed by atoms with van der Waals surface area (Å²) in [6.45, 7) is 8.71. The molecule has 1 aromatic carbocycles. The van der Waals surface area contributed by atoms with Crippen molar-refractivity contribution < 1.29 is 9.47 Å². The van der Waals surface area contributed by atoms with Crippen LogP contribution in [-0.2, 0) is 0 Å². The summed E-state index contributed by atoms with van der Waals surface area (Å²) in [7, 11) is 5.53. The van der Waals surface area contributed by atoms with Crippen LogP contribution in [0.25, 0.3) is 0 Å². The Morgan fingerprint density at radius 2 is 1.86 bits per heavy atom. The highest BCUT2D eigenvalue weighted by Gasteiger charge is 2.12. The van der Waals surface area contributed by atoms with Gasteiger partial charge in [0.1, 0.15) is 11.5 Å². The monoisotopic (exact) mass is 294 g/mol. The fourth-order valence-corrected chi connectivity index (χ4v) is 2.19. The summed E-state index contributed by atoms with van der Waals surface area (Å²) in [6, 6.07) is 6.83. The molecule has 0 aliphatic rings. The molecular formula is C17H30N2O2. The van der Waals surface area contributed by atoms with Crippen molar-refractivity contribution in [3.63, 3.8) is 0 Å². The molecule has 1 atom stereocenters. The second-order valence-corrected chi connectivity index (χ2v) is 5.71. The van der Waals surface area contributed by atoms with Gasteiger partial charge >= 0.3 is 0 Å². The van der Waals surface area contributed by atoms with Gasteiger partial charge in [0.2, 0.25) is 0 Å². The largest absolute Gasteiger partial charge is 0.497 e. The number of methoxy groups -OCH3 is 2. The predicted molar refractivity (Wildman–Crippen MR) is 88.3 cm³/mol. The first-order valence-corrected chi connectivity index (χ1v) is 7.65. The van der Waals surface area contributed by atoms with Gasteiger partial charge in [-0.05, 0) is 53.4 Å². The molecule has 4 heteroatoms. The summed E-state index contributed by atoms with van der Waals surface area (Å²) in [5, 5.41) is 3.56. The molecule has 0 heterocycles. The molecule has 0 saturated heterocycles. The number of nitrogens with zero attached hydrogens (tertiary/aromatic N) is 1. The fraction of sp³-hybridized carbons (Fsp3) is 0.647. The normalized spacial score (nSPS) is 12.8. The van der Waals surface area contributed by atoms with E-state index in [-0.39, 0.29) is 6.04 Å². The van der Waals surface area contributed by atoms with Crippen LogP contribution in [-0.4, -0.2) is 45.3 Å². The van der Waals surface area contributed by atoms with Crippen molar-refractivity contribution >= 4 is 0 Å². The van der Waals surface area contributed by atoms with Crippen LogP contribution in [0, 0.1) is 0 Å². The van der Waals surface area contributed by atoms with Crippen molar-refractivity contribution in [1.29, 1.82) is 0 Å². The van der Waals surface area contributed by atoms with E-state index in [1.54, 1.807) is 14.2 Å². The first-order chi connectivity index (χ1) is 9.99. The van der Waals surface area contributed by atoms with Gasteiger partial charge in [-0.25, -0.2) is 0 Å². The molecule has 0 spiro atoms. The zero-order valence-electron chi connectivity index (χ0n) is 14.3. The molecule has 120 valence electrons. The van der Waals surface area contributed by atoms with Gasteiger partial charge in [0.05, 0.1) is 14.2 Å². The number of rotatable bonds is 9. The average Bonchev–Trinajstić information content (AvgIpc) is 2.50. The molecule has 1 unspecified atom stereocenters. The smallest absolute Gasteiger partial charge is 0.127 e. The average molecular weight is 294 g/mol. The first-order valence-electron chi connectivity index (χ1n) is 7.65. The number of hydrogen-bond donors (Lipinski definition) is 1. The molecule has 0 aromatic heterocycles. The molecule has 0 amide bonds. The Morgan fingerprint density at radius 1 is 1.14 bits per heavy atom. The van der Waals surface area contributed by atoms with E-state index in [0.29, 0.717) is 6.04 Å². The molecule has 21 heavy (non-hydrogen) atoms. The van der Waals surface area contributed by atoms with Crippen molar-refractivity contribution in [2.45, 2.75) is 39.3 Å². The number of hydrogen-bond acceptors (Lipinski definition) is 4. The first kappa shape index (κ1) is 17.8. The van der Waals surface area contributed by atoms with Crippen LogP contribution in [0.3, 0.4) is 0 Å². The van der Waals surface area contributed by atoms with E-state index in [1.165, 1.54) is 0 Å². The lowest BCUT2D eigenvalue weighted by atomic mass is 10.1. The standard InChI is InChI=1S/C17H30N2O2/c1-13(2)19(4)11-7-10-18-14(3)16-9-8-15(20-5)12-17(16)21-6/h8-9,12-14,18H,7,10-11H2,1-6H3. The Morgan fingerprint density at radius 3 is 2.43 bits per heavy atom. The summed E-state index contributed by atoms with van der Waals surface area (Å²) in [4.78, 5) is 2.36. The third-order valence-corrected chi connectivity index (χ3v) is 3.93. The van der Waals surface area contributed by atoms with Crippen molar-refractivity contribution in [2.75, 3.05) is 34.4 Å². The zero-order valence-corrected chi connectivity index (χ0v) is 14.3. The van der Waals surface area contributed by atoms with E-state index in [9.17, 15) is 0 Å². The van der Waals surface area contributed by atoms with Crippen LogP contribution >= 0.6 is 0 Å². The van der Waals surface area contributed by atoms with E-state index in [0.717, 1.165) is 36.6 Å². The molecule has 0 fully saturated rings. The third-order valence-electron chi connectivity index (χ3n) is 3.93. The van der Waals surface area contributed by atoms with Crippen molar-refractivity contribution in [1.82, 2.24) is 10.2 Å². The topological polar surface area (TPSA) is 33.7 Å². The van der Waals surface area contributed by atoms with Crippen molar-refractivity contribution in [2.24, 2.45) is 0 Å². The van der Waals surface area contributed by atoms with E-state index in [1.807, 2.05) is 12.1 Å². The second kappa shape index (κ2) is 8.90. The molecule has 0 bridgehead atoms. The van der Waals surface area contributed by atoms with Crippen LogP contribution in [0.2, 0.25) is 0 Å². The van der Waals surface area contributed by atoms with Crippen LogP contribution < -0.4 is 14.8 Å². The van der Waals surface area contributed by atoms with E-state index < -0.39 is 0 Å². The van der Waals surface area contributed by atoms with Gasteiger partial charge < -0.3 is 19.7 Å². The molecule has 4 nitrogen and oxygen atoms in total. The summed E-state index contributed by atoms with van der Waals surface area (Å²) < 4.78 is 10.7. The van der Waals surface area contributed by atoms with E-state index in [2.05, 4.69) is 44.1 Å². The lowest BCUT2D eigenvalue weighted by molar-refractivity contribution is 0.268. The Labute approximate surface area is 129 Å². The van der Waals surface area contributed by atoms with Crippen LogP contribution in [0.5, 0.6) is 11.5 Å². The highest BCUT2D eigenvalue weighted by molar-refractivity contribution is 5.42. The molecule has 0 radical (unpaired) electrons. The molecule has 1 aromatic rings. The maximum atomic E-state index is 5.46. The Kier molecular flexibility index (Phi) is 7.54. The summed E-state index contributed by atoms with van der Waals surface area (Å²) >= 11 is 0. The Hall–Kier alpha value is -1.26. The molecule has 0 saturated carbocycles. The van der Waals surface area contributed by atoms with Crippen LogP contribution in [0.1, 0.15) is 38.8 Å². The Bertz CT molecular complexity index is 421. The van der Waals surface area contributed by atoms with Gasteiger partial charge in [-0.3, -0.25) is 0 Å². The SMILES string of the molecule is COc1ccc(C(C)NCCCN(C)C(C)C)c(OC)c1. The van der Waals surface area contributed by atoms with Crippen molar-refractivity contribution in [3.05, 3.63) is 23.8 Å². The quantitative estimate of drug-likeness (QED) is 0.710. The number of ether oxygens (including phenoxy) is 2. The molecular weight excluding hydrogens is 264 g/mol. The van der Waals surface area contributed by atoms with Gasteiger partial charge in [0, 0.05) is 23.7 Å². The van der Waals surface area contributed by atoms with Gasteiger partial charge in [-0.15, -0.1) is 0 Å².